The van der Waals surface area contributed by atoms with Gasteiger partial charge in [0.25, 0.3) is 0 Å². The number of nitrogens with one attached hydrogen (secondary N) is 2. The Kier molecular flexibility index (Phi) is 8.43. The molecule has 2 aromatic rings. The molecule has 3 rings (SSSR count). The van der Waals surface area contributed by atoms with Crippen LogP contribution >= 0.6 is 0 Å². The van der Waals surface area contributed by atoms with Crippen molar-refractivity contribution in [2.45, 2.75) is 50.7 Å². The van der Waals surface area contributed by atoms with E-state index in [4.69, 9.17) is 9.84 Å². The van der Waals surface area contributed by atoms with E-state index in [9.17, 15) is 19.5 Å². The molecule has 0 spiro atoms. The average molecular weight is 455 g/mol. The quantitative estimate of drug-likeness (QED) is 0.414. The number of carbonyl (C=O) groups is 3. The number of alkyl carbamates (subject to hydrolysis) is 1. The number of carboxylic acids is 1. The molecule has 8 heteroatoms. The number of ether oxygens (including phenoxy) is 1. The van der Waals surface area contributed by atoms with Crippen LogP contribution in [0, 0.1) is 0 Å². The fourth-order valence-electron chi connectivity index (χ4n) is 4.10. The molecule has 0 aliphatic heterocycles. The SMILES string of the molecule is CCC(CCC(=O)O)NC(=O)CC(O)CNC(=O)OCC1c2ccccc2-c2ccccc21. The lowest BCUT2D eigenvalue weighted by atomic mass is 9.98. The minimum Gasteiger partial charge on any atom is -0.481 e. The molecule has 0 radical (unpaired) electrons. The number of benzene rings is 2. The highest BCUT2D eigenvalue weighted by Crippen LogP contribution is 2.44. The van der Waals surface area contributed by atoms with Crippen LogP contribution in [0.15, 0.2) is 48.5 Å². The highest BCUT2D eigenvalue weighted by molar-refractivity contribution is 5.79. The fourth-order valence-corrected chi connectivity index (χ4v) is 4.10. The molecule has 0 fully saturated rings. The van der Waals surface area contributed by atoms with Crippen LogP contribution in [-0.2, 0) is 14.3 Å². The summed E-state index contributed by atoms with van der Waals surface area (Å²) in [5, 5.41) is 24.1. The molecule has 0 bridgehead atoms. The standard InChI is InChI=1S/C25H30N2O6/c1-2-16(11-12-24(30)31)27-23(29)13-17(28)14-26-25(32)33-15-22-20-9-5-3-7-18(20)19-8-4-6-10-21(19)22/h3-10,16-17,22,28H,2,11-15H2,1H3,(H,26,32)(H,27,29)(H,30,31). The number of amides is 2. The van der Waals surface area contributed by atoms with Crippen LogP contribution in [0.25, 0.3) is 11.1 Å². The Hall–Kier alpha value is -3.39. The van der Waals surface area contributed by atoms with Crippen molar-refractivity contribution in [2.24, 2.45) is 0 Å². The number of hydrogen-bond acceptors (Lipinski definition) is 5. The molecule has 2 unspecified atom stereocenters. The summed E-state index contributed by atoms with van der Waals surface area (Å²) in [5.74, 6) is -1.38. The molecule has 1 aliphatic rings. The Morgan fingerprint density at radius 3 is 2.21 bits per heavy atom. The fraction of sp³-hybridized carbons (Fsp3) is 0.400. The second-order valence-electron chi connectivity index (χ2n) is 8.17. The van der Waals surface area contributed by atoms with E-state index in [0.717, 1.165) is 22.3 Å². The van der Waals surface area contributed by atoms with E-state index in [1.54, 1.807) is 0 Å². The number of hydrogen-bond donors (Lipinski definition) is 4. The zero-order chi connectivity index (χ0) is 23.8. The van der Waals surface area contributed by atoms with Crippen molar-refractivity contribution in [3.63, 3.8) is 0 Å². The summed E-state index contributed by atoms with van der Waals surface area (Å²) in [6.45, 7) is 1.89. The molecule has 0 aromatic heterocycles. The van der Waals surface area contributed by atoms with E-state index in [1.807, 2.05) is 43.3 Å². The summed E-state index contributed by atoms with van der Waals surface area (Å²) < 4.78 is 5.41. The van der Waals surface area contributed by atoms with Crippen molar-refractivity contribution < 1.29 is 29.3 Å². The minimum atomic E-state index is -1.08. The number of rotatable bonds is 11. The second kappa shape index (κ2) is 11.5. The highest BCUT2D eigenvalue weighted by Gasteiger charge is 2.29. The number of aliphatic carboxylic acids is 1. The van der Waals surface area contributed by atoms with Gasteiger partial charge in [-0.05, 0) is 35.1 Å². The largest absolute Gasteiger partial charge is 0.481 e. The van der Waals surface area contributed by atoms with Gasteiger partial charge >= 0.3 is 12.1 Å². The van der Waals surface area contributed by atoms with Crippen LogP contribution in [0.2, 0.25) is 0 Å². The van der Waals surface area contributed by atoms with E-state index in [1.165, 1.54) is 0 Å². The van der Waals surface area contributed by atoms with Gasteiger partial charge in [-0.1, -0.05) is 55.5 Å². The van der Waals surface area contributed by atoms with Gasteiger partial charge in [0.05, 0.1) is 12.5 Å². The first kappa shape index (κ1) is 24.3. The van der Waals surface area contributed by atoms with E-state index in [2.05, 4.69) is 22.8 Å². The third-order valence-corrected chi connectivity index (χ3v) is 5.81. The van der Waals surface area contributed by atoms with Gasteiger partial charge in [0, 0.05) is 24.9 Å². The number of carbonyl (C=O) groups excluding carboxylic acids is 2. The van der Waals surface area contributed by atoms with Gasteiger partial charge in [-0.2, -0.15) is 0 Å². The summed E-state index contributed by atoms with van der Waals surface area (Å²) in [7, 11) is 0. The van der Waals surface area contributed by atoms with Crippen LogP contribution in [-0.4, -0.2) is 53.5 Å². The monoisotopic (exact) mass is 454 g/mol. The van der Waals surface area contributed by atoms with Crippen molar-refractivity contribution >= 4 is 18.0 Å². The number of fused-ring (bicyclic) bond motifs is 3. The van der Waals surface area contributed by atoms with Gasteiger partial charge in [0.1, 0.15) is 6.61 Å². The normalized spacial score (nSPS) is 14.0. The molecule has 1 aliphatic carbocycles. The van der Waals surface area contributed by atoms with Gasteiger partial charge in [-0.3, -0.25) is 9.59 Å². The summed E-state index contributed by atoms with van der Waals surface area (Å²) in [4.78, 5) is 35.0. The predicted molar refractivity (Wildman–Crippen MR) is 123 cm³/mol. The Balaban J connectivity index is 1.43. The predicted octanol–water partition coefficient (Wildman–Crippen LogP) is 3.04. The molecule has 0 heterocycles. The third-order valence-electron chi connectivity index (χ3n) is 5.81. The van der Waals surface area contributed by atoms with Crippen molar-refractivity contribution in [3.8, 4) is 11.1 Å². The van der Waals surface area contributed by atoms with Gasteiger partial charge in [-0.15, -0.1) is 0 Å². The van der Waals surface area contributed by atoms with E-state index in [-0.39, 0.29) is 38.0 Å². The second-order valence-corrected chi connectivity index (χ2v) is 8.17. The van der Waals surface area contributed by atoms with Crippen LogP contribution in [0.4, 0.5) is 4.79 Å². The Labute approximate surface area is 193 Å². The van der Waals surface area contributed by atoms with E-state index < -0.39 is 24.1 Å². The van der Waals surface area contributed by atoms with Crippen molar-refractivity contribution in [2.75, 3.05) is 13.2 Å². The van der Waals surface area contributed by atoms with E-state index in [0.29, 0.717) is 12.8 Å². The molecule has 2 amide bonds. The molecular weight excluding hydrogens is 424 g/mol. The Morgan fingerprint density at radius 2 is 1.64 bits per heavy atom. The molecule has 2 aromatic carbocycles. The average Bonchev–Trinajstić information content (AvgIpc) is 3.12. The Bertz CT molecular complexity index is 947. The lowest BCUT2D eigenvalue weighted by Gasteiger charge is -2.18. The topological polar surface area (TPSA) is 125 Å². The summed E-state index contributed by atoms with van der Waals surface area (Å²) in [6.07, 6.45) is -1.07. The van der Waals surface area contributed by atoms with Crippen LogP contribution < -0.4 is 10.6 Å². The zero-order valence-corrected chi connectivity index (χ0v) is 18.6. The lowest BCUT2D eigenvalue weighted by Crippen LogP contribution is -2.39. The number of aliphatic hydroxyl groups is 1. The minimum absolute atomic E-state index is 0.0370. The van der Waals surface area contributed by atoms with Crippen LogP contribution in [0.5, 0.6) is 0 Å². The molecule has 33 heavy (non-hydrogen) atoms. The summed E-state index contributed by atoms with van der Waals surface area (Å²) in [5.41, 5.74) is 4.49. The van der Waals surface area contributed by atoms with Crippen molar-refractivity contribution in [1.29, 1.82) is 0 Å². The number of aliphatic hydroxyl groups excluding tert-OH is 1. The molecule has 0 saturated heterocycles. The summed E-state index contributed by atoms with van der Waals surface area (Å²) in [6, 6.07) is 15.8. The third kappa shape index (κ3) is 6.55. The maximum absolute atomic E-state index is 12.2. The first-order valence-electron chi connectivity index (χ1n) is 11.2. The Morgan fingerprint density at radius 1 is 1.03 bits per heavy atom. The van der Waals surface area contributed by atoms with Gasteiger partial charge in [-0.25, -0.2) is 4.79 Å². The van der Waals surface area contributed by atoms with Crippen molar-refractivity contribution in [1.82, 2.24) is 10.6 Å². The molecule has 176 valence electrons. The summed E-state index contributed by atoms with van der Waals surface area (Å²) >= 11 is 0. The molecule has 4 N–H and O–H groups in total. The molecular formula is C25H30N2O6. The van der Waals surface area contributed by atoms with E-state index >= 15 is 0 Å². The van der Waals surface area contributed by atoms with Crippen molar-refractivity contribution in [3.05, 3.63) is 59.7 Å². The smallest absolute Gasteiger partial charge is 0.407 e. The highest BCUT2D eigenvalue weighted by atomic mass is 16.5. The lowest BCUT2D eigenvalue weighted by molar-refractivity contribution is -0.137. The van der Waals surface area contributed by atoms with Gasteiger partial charge in [0.2, 0.25) is 5.91 Å². The number of carboxylic acid groups (broad SMARTS) is 1. The first-order chi connectivity index (χ1) is 15.9. The van der Waals surface area contributed by atoms with Gasteiger partial charge in [0.15, 0.2) is 0 Å². The molecule has 0 saturated carbocycles. The zero-order valence-electron chi connectivity index (χ0n) is 18.6. The maximum Gasteiger partial charge on any atom is 0.407 e. The van der Waals surface area contributed by atoms with Crippen LogP contribution in [0.3, 0.4) is 0 Å². The molecule has 2 atom stereocenters. The van der Waals surface area contributed by atoms with Gasteiger partial charge < -0.3 is 25.6 Å². The first-order valence-corrected chi connectivity index (χ1v) is 11.2. The maximum atomic E-state index is 12.2. The van der Waals surface area contributed by atoms with Crippen LogP contribution in [0.1, 0.15) is 49.7 Å². The molecule has 8 nitrogen and oxygen atoms in total.